The molecule has 0 amide bonds. The Kier molecular flexibility index (Phi) is 24.8. The Bertz CT molecular complexity index is 13.5. The van der Waals surface area contributed by atoms with Gasteiger partial charge in [0.1, 0.15) is 0 Å². The number of hydrogen-bond donors (Lipinski definition) is 1. The Morgan fingerprint density at radius 2 is 1.17 bits per heavy atom. The van der Waals surface area contributed by atoms with Crippen LogP contribution in [0.25, 0.3) is 0 Å². The van der Waals surface area contributed by atoms with Crippen LogP contribution in [-0.2, 0) is 33.0 Å². The predicted octanol–water partition coefficient (Wildman–Crippen LogP) is -1.70. The summed E-state index contributed by atoms with van der Waals surface area (Å²) in [5, 5.41) is 7.61. The summed E-state index contributed by atoms with van der Waals surface area (Å²) in [5.74, 6) is 0. The molecule has 0 aromatic rings. The van der Waals surface area contributed by atoms with Crippen LogP contribution in [0.4, 0.5) is 0 Å². The second kappa shape index (κ2) is 9.47. The van der Waals surface area contributed by atoms with Crippen molar-refractivity contribution in [3.63, 3.8) is 0 Å². The molecular formula is HB3Ni2O. The molecule has 0 bridgehead atoms. The Morgan fingerprint density at radius 3 is 1.17 bits per heavy atom. The molecular weight excluding hydrogens is 166 g/mol. The Hall–Kier alpha value is 1.14. The quantitative estimate of drug-likeness (QED) is 0.426. The van der Waals surface area contributed by atoms with Crippen LogP contribution in [0.1, 0.15) is 0 Å². The van der Waals surface area contributed by atoms with E-state index in [4.69, 9.17) is 5.02 Å². The van der Waals surface area contributed by atoms with Gasteiger partial charge in [-0.15, -0.1) is 0 Å². The summed E-state index contributed by atoms with van der Waals surface area (Å²) in [7, 11) is 8.89. The minimum Gasteiger partial charge on any atom is -0.470 e. The van der Waals surface area contributed by atoms with E-state index in [1.807, 2.05) is 0 Å². The molecule has 36 valence electrons. The molecule has 0 saturated carbocycles. The van der Waals surface area contributed by atoms with Crippen molar-refractivity contribution in [2.24, 2.45) is 0 Å². The summed E-state index contributed by atoms with van der Waals surface area (Å²) >= 11 is 0. The molecule has 0 heterocycles. The number of rotatable bonds is 0. The summed E-state index contributed by atoms with van der Waals surface area (Å²) in [6, 6.07) is 0. The van der Waals surface area contributed by atoms with E-state index in [0.717, 1.165) is 0 Å². The standard InChI is InChI=1S/B3HO.2Ni/c1-3(2)4;;/h4H;;. The molecule has 0 aliphatic heterocycles. The van der Waals surface area contributed by atoms with Gasteiger partial charge in [0.25, 0.3) is 0 Å². The fraction of sp³-hybridized carbons (Fsp3) is 0. The van der Waals surface area contributed by atoms with Gasteiger partial charge in [-0.3, -0.25) is 0 Å². The van der Waals surface area contributed by atoms with Crippen LogP contribution < -0.4 is 0 Å². The maximum atomic E-state index is 7.61. The third-order valence-corrected chi connectivity index (χ3v) is 0. The van der Waals surface area contributed by atoms with Crippen molar-refractivity contribution < 1.29 is 38.0 Å². The summed E-state index contributed by atoms with van der Waals surface area (Å²) in [4.78, 5) is 0. The molecule has 0 aliphatic carbocycles. The molecule has 0 aromatic carbocycles. The van der Waals surface area contributed by atoms with Crippen LogP contribution in [-0.4, -0.2) is 27.2 Å². The zero-order valence-electron chi connectivity index (χ0n) is 2.81. The third kappa shape index (κ3) is 67.7. The number of hydrogen-bond acceptors (Lipinski definition) is 1. The average Bonchev–Trinajstić information content (AvgIpc) is 0.811. The second-order valence-electron chi connectivity index (χ2n) is 0.491. The first-order chi connectivity index (χ1) is 1.73. The van der Waals surface area contributed by atoms with Gasteiger partial charge in [0.15, 0.2) is 6.70 Å². The predicted molar refractivity (Wildman–Crippen MR) is 19.5 cm³/mol. The van der Waals surface area contributed by atoms with Gasteiger partial charge < -0.3 is 5.02 Å². The molecule has 0 rings (SSSR count). The smallest absolute Gasteiger partial charge is 0.181 e. The van der Waals surface area contributed by atoms with E-state index in [9.17, 15) is 0 Å². The molecule has 1 N–H and O–H groups in total. The Balaban J connectivity index is -0.0000000450. The van der Waals surface area contributed by atoms with Crippen molar-refractivity contribution >= 4 is 22.2 Å². The van der Waals surface area contributed by atoms with Crippen LogP contribution in [0, 0.1) is 0 Å². The van der Waals surface area contributed by atoms with E-state index in [1.165, 1.54) is 0 Å². The molecule has 6 heavy (non-hydrogen) atoms. The first-order valence-corrected chi connectivity index (χ1v) is 0.925. The zero-order valence-corrected chi connectivity index (χ0v) is 4.79. The molecule has 0 aromatic heterocycles. The monoisotopic (exact) mass is 166 g/mol. The van der Waals surface area contributed by atoms with Crippen LogP contribution in [0.2, 0.25) is 0 Å². The molecule has 1 nitrogen and oxygen atoms in total. The van der Waals surface area contributed by atoms with Gasteiger partial charge in [0.2, 0.25) is 0 Å². The van der Waals surface area contributed by atoms with Crippen molar-refractivity contribution in [2.45, 2.75) is 0 Å². The Morgan fingerprint density at radius 1 is 1.17 bits per heavy atom. The summed E-state index contributed by atoms with van der Waals surface area (Å²) in [6.07, 6.45) is 0. The van der Waals surface area contributed by atoms with Crippen molar-refractivity contribution in [1.82, 2.24) is 0 Å². The maximum absolute atomic E-state index is 7.61. The van der Waals surface area contributed by atoms with Crippen LogP contribution in [0.5, 0.6) is 0 Å². The van der Waals surface area contributed by atoms with Crippen molar-refractivity contribution in [3.05, 3.63) is 0 Å². The molecule has 0 spiro atoms. The van der Waals surface area contributed by atoms with Crippen LogP contribution in [0.3, 0.4) is 0 Å². The Labute approximate surface area is 60.4 Å². The molecule has 0 unspecified atom stereocenters. The first kappa shape index (κ1) is 15.7. The van der Waals surface area contributed by atoms with E-state index in [2.05, 4.69) is 15.5 Å². The van der Waals surface area contributed by atoms with E-state index >= 15 is 0 Å². The van der Waals surface area contributed by atoms with Gasteiger partial charge in [0, 0.05) is 33.0 Å². The first-order valence-electron chi connectivity index (χ1n) is 0.925. The molecule has 0 saturated heterocycles. The van der Waals surface area contributed by atoms with Gasteiger partial charge >= 0.3 is 0 Å². The molecule has 6 heteroatoms. The van der Waals surface area contributed by atoms with Gasteiger partial charge in [-0.25, -0.2) is 0 Å². The van der Waals surface area contributed by atoms with E-state index in [1.54, 1.807) is 0 Å². The van der Waals surface area contributed by atoms with E-state index in [0.29, 0.717) is 0 Å². The van der Waals surface area contributed by atoms with E-state index in [-0.39, 0.29) is 33.0 Å². The molecule has 0 atom stereocenters. The minimum atomic E-state index is -1.17. The summed E-state index contributed by atoms with van der Waals surface area (Å²) < 4.78 is 0. The minimum absolute atomic E-state index is 0. The fourth-order valence-electron chi connectivity index (χ4n) is 0. The topological polar surface area (TPSA) is 20.2 Å². The van der Waals surface area contributed by atoms with Crippen LogP contribution in [0.15, 0.2) is 0 Å². The van der Waals surface area contributed by atoms with Crippen molar-refractivity contribution in [2.75, 3.05) is 0 Å². The van der Waals surface area contributed by atoms with Gasteiger partial charge in [0.05, 0.1) is 15.5 Å². The van der Waals surface area contributed by atoms with Crippen molar-refractivity contribution in [3.8, 4) is 0 Å². The largest absolute Gasteiger partial charge is 0.470 e. The van der Waals surface area contributed by atoms with Gasteiger partial charge in [-0.2, -0.15) is 0 Å². The van der Waals surface area contributed by atoms with E-state index < -0.39 is 6.70 Å². The summed E-state index contributed by atoms with van der Waals surface area (Å²) in [6.45, 7) is -1.17. The maximum Gasteiger partial charge on any atom is 0.181 e. The second-order valence-corrected chi connectivity index (χ2v) is 0.491. The SMILES string of the molecule is [B]B([B])O.[Ni].[Ni]. The normalized spacial score (nSPS) is 4.17. The average molecular weight is 167 g/mol. The third-order valence-electron chi connectivity index (χ3n) is 0. The van der Waals surface area contributed by atoms with Crippen LogP contribution >= 0.6 is 0 Å². The van der Waals surface area contributed by atoms with Gasteiger partial charge in [-0.05, 0) is 0 Å². The molecule has 4 radical (unpaired) electrons. The molecule has 0 aliphatic rings. The molecule has 0 fully saturated rings. The van der Waals surface area contributed by atoms with Gasteiger partial charge in [-0.1, -0.05) is 0 Å². The fourth-order valence-corrected chi connectivity index (χ4v) is 0. The van der Waals surface area contributed by atoms with Crippen molar-refractivity contribution in [1.29, 1.82) is 0 Å². The zero-order chi connectivity index (χ0) is 3.58. The summed E-state index contributed by atoms with van der Waals surface area (Å²) in [5.41, 5.74) is 0.